The van der Waals surface area contributed by atoms with Crippen LogP contribution in [0.3, 0.4) is 0 Å². The number of anilines is 1. The van der Waals surface area contributed by atoms with Crippen LogP contribution in [0.25, 0.3) is 0 Å². The van der Waals surface area contributed by atoms with Crippen LogP contribution in [-0.2, 0) is 21.2 Å². The molecule has 168 valence electrons. The van der Waals surface area contributed by atoms with Crippen LogP contribution in [0, 0.1) is 0 Å². The average Bonchev–Trinajstić information content (AvgIpc) is 2.78. The minimum absolute atomic E-state index is 0.0692. The number of amides is 1. The molecule has 1 heterocycles. The van der Waals surface area contributed by atoms with Crippen LogP contribution in [0.2, 0.25) is 0 Å². The first-order valence-corrected chi connectivity index (χ1v) is 12.3. The summed E-state index contributed by atoms with van der Waals surface area (Å²) in [6.07, 6.45) is 7.69. The van der Waals surface area contributed by atoms with Gasteiger partial charge in [-0.3, -0.25) is 14.7 Å². The number of nitrogens with zero attached hydrogens (tertiary/aromatic N) is 3. The fourth-order valence-electron chi connectivity index (χ4n) is 3.89. The molecule has 1 fully saturated rings. The molecule has 1 aromatic carbocycles. The predicted molar refractivity (Wildman–Crippen MR) is 122 cm³/mol. The summed E-state index contributed by atoms with van der Waals surface area (Å²) in [6.45, 7) is 0.965. The molecule has 1 aliphatic rings. The lowest BCUT2D eigenvalue weighted by atomic mass is 9.96. The van der Waals surface area contributed by atoms with Crippen molar-refractivity contribution in [2.24, 2.45) is 0 Å². The van der Waals surface area contributed by atoms with Gasteiger partial charge >= 0.3 is 0 Å². The third-order valence-electron chi connectivity index (χ3n) is 5.79. The summed E-state index contributed by atoms with van der Waals surface area (Å²) < 4.78 is 27.4. The van der Waals surface area contributed by atoms with Gasteiger partial charge in [0.1, 0.15) is 0 Å². The Morgan fingerprint density at radius 3 is 2.42 bits per heavy atom. The monoisotopic (exact) mass is 444 g/mol. The van der Waals surface area contributed by atoms with E-state index in [0.717, 1.165) is 44.3 Å². The number of sulfonamides is 1. The van der Waals surface area contributed by atoms with Crippen molar-refractivity contribution < 1.29 is 13.2 Å². The molecule has 2 aromatic rings. The van der Waals surface area contributed by atoms with E-state index in [1.54, 1.807) is 37.5 Å². The van der Waals surface area contributed by atoms with Crippen LogP contribution >= 0.6 is 0 Å². The highest BCUT2D eigenvalue weighted by Gasteiger charge is 2.28. The van der Waals surface area contributed by atoms with E-state index in [0.29, 0.717) is 5.69 Å². The zero-order valence-corrected chi connectivity index (χ0v) is 19.1. The first-order valence-electron chi connectivity index (χ1n) is 10.8. The molecule has 1 aliphatic carbocycles. The smallest absolute Gasteiger partial charge is 0.243 e. The summed E-state index contributed by atoms with van der Waals surface area (Å²) in [5.74, 6) is -0.140. The van der Waals surface area contributed by atoms with Crippen molar-refractivity contribution in [3.05, 3.63) is 54.4 Å². The quantitative estimate of drug-likeness (QED) is 0.642. The van der Waals surface area contributed by atoms with Crippen LogP contribution in [0.15, 0.2) is 53.6 Å². The van der Waals surface area contributed by atoms with Gasteiger partial charge in [0.2, 0.25) is 15.9 Å². The Hall–Kier alpha value is -2.29. The lowest BCUT2D eigenvalue weighted by Crippen LogP contribution is -2.38. The number of rotatable bonds is 9. The molecule has 0 radical (unpaired) electrons. The first kappa shape index (κ1) is 23.4. The number of hydrogen-bond donors (Lipinski definition) is 1. The summed E-state index contributed by atoms with van der Waals surface area (Å²) in [4.78, 5) is 18.8. The standard InChI is InChI=1S/C23H32N4O3S/c1-26(17-15-19-8-6-7-16-24-19)18-23(28)25-20-11-13-22(14-12-20)31(29,30)27(2)21-9-4-3-5-10-21/h6-8,11-14,16,21H,3-5,9-10,15,17-18H2,1-2H3,(H,25,28). The molecule has 0 spiro atoms. The molecular weight excluding hydrogens is 412 g/mol. The number of carbonyl (C=O) groups excluding carboxylic acids is 1. The van der Waals surface area contributed by atoms with Gasteiger partial charge in [0.25, 0.3) is 0 Å². The Labute approximate surface area is 185 Å². The van der Waals surface area contributed by atoms with Gasteiger partial charge in [-0.05, 0) is 56.3 Å². The summed E-state index contributed by atoms with van der Waals surface area (Å²) in [7, 11) is 0.0266. The van der Waals surface area contributed by atoms with Crippen molar-refractivity contribution in [3.8, 4) is 0 Å². The Kier molecular flexibility index (Phi) is 8.17. The van der Waals surface area contributed by atoms with Gasteiger partial charge in [-0.25, -0.2) is 8.42 Å². The second-order valence-corrected chi connectivity index (χ2v) is 10.2. The van der Waals surface area contributed by atoms with Crippen LogP contribution in [0.4, 0.5) is 5.69 Å². The van der Waals surface area contributed by atoms with E-state index in [9.17, 15) is 13.2 Å². The van der Waals surface area contributed by atoms with E-state index in [2.05, 4.69) is 10.3 Å². The van der Waals surface area contributed by atoms with Crippen LogP contribution in [-0.4, -0.2) is 61.7 Å². The number of benzene rings is 1. The molecule has 3 rings (SSSR count). The number of pyridine rings is 1. The van der Waals surface area contributed by atoms with Crippen molar-refractivity contribution in [1.82, 2.24) is 14.2 Å². The van der Waals surface area contributed by atoms with Gasteiger partial charge in [0.15, 0.2) is 0 Å². The van der Waals surface area contributed by atoms with Crippen LogP contribution < -0.4 is 5.32 Å². The molecule has 1 saturated carbocycles. The first-order chi connectivity index (χ1) is 14.9. The normalized spacial score (nSPS) is 15.4. The van der Waals surface area contributed by atoms with E-state index in [1.807, 2.05) is 30.1 Å². The van der Waals surface area contributed by atoms with Gasteiger partial charge in [-0.15, -0.1) is 0 Å². The summed E-state index contributed by atoms with van der Waals surface area (Å²) in [5.41, 5.74) is 1.58. The highest BCUT2D eigenvalue weighted by Crippen LogP contribution is 2.27. The van der Waals surface area contributed by atoms with Crippen LogP contribution in [0.5, 0.6) is 0 Å². The van der Waals surface area contributed by atoms with Gasteiger partial charge < -0.3 is 5.32 Å². The second-order valence-electron chi connectivity index (χ2n) is 8.19. The van der Waals surface area contributed by atoms with Gasteiger partial charge in [0, 0.05) is 43.6 Å². The van der Waals surface area contributed by atoms with Crippen molar-refractivity contribution in [1.29, 1.82) is 0 Å². The van der Waals surface area contributed by atoms with E-state index in [4.69, 9.17) is 0 Å². The minimum Gasteiger partial charge on any atom is -0.325 e. The maximum atomic E-state index is 12.9. The fraction of sp³-hybridized carbons (Fsp3) is 0.478. The second kappa shape index (κ2) is 10.8. The molecular formula is C23H32N4O3S. The zero-order chi connectivity index (χ0) is 22.3. The summed E-state index contributed by atoms with van der Waals surface area (Å²) in [6, 6.07) is 12.3. The average molecular weight is 445 g/mol. The Morgan fingerprint density at radius 2 is 1.77 bits per heavy atom. The topological polar surface area (TPSA) is 82.6 Å². The van der Waals surface area contributed by atoms with E-state index < -0.39 is 10.0 Å². The zero-order valence-electron chi connectivity index (χ0n) is 18.3. The molecule has 0 bridgehead atoms. The van der Waals surface area contributed by atoms with E-state index >= 15 is 0 Å². The van der Waals surface area contributed by atoms with E-state index in [-0.39, 0.29) is 23.4 Å². The molecule has 1 amide bonds. The Bertz CT molecular complexity index is 943. The number of aromatic nitrogens is 1. The molecule has 0 atom stereocenters. The van der Waals surface area contributed by atoms with Gasteiger partial charge in [-0.1, -0.05) is 25.3 Å². The molecule has 0 unspecified atom stereocenters. The molecule has 8 heteroatoms. The highest BCUT2D eigenvalue weighted by atomic mass is 32.2. The SMILES string of the molecule is CN(CCc1ccccn1)CC(=O)Nc1ccc(S(=O)(=O)N(C)C2CCCCC2)cc1. The van der Waals surface area contributed by atoms with Gasteiger partial charge in [-0.2, -0.15) is 4.31 Å². The molecule has 31 heavy (non-hydrogen) atoms. The maximum Gasteiger partial charge on any atom is 0.243 e. The third kappa shape index (κ3) is 6.59. The lowest BCUT2D eigenvalue weighted by molar-refractivity contribution is -0.117. The van der Waals surface area contributed by atoms with E-state index in [1.165, 1.54) is 10.7 Å². The van der Waals surface area contributed by atoms with Crippen molar-refractivity contribution in [2.45, 2.75) is 49.5 Å². The Balaban J connectivity index is 1.51. The molecule has 7 nitrogen and oxygen atoms in total. The molecule has 0 saturated heterocycles. The number of likely N-dealkylation sites (N-methyl/N-ethyl adjacent to an activating group) is 1. The van der Waals surface area contributed by atoms with Crippen molar-refractivity contribution in [3.63, 3.8) is 0 Å². The van der Waals surface area contributed by atoms with Gasteiger partial charge in [0.05, 0.1) is 11.4 Å². The lowest BCUT2D eigenvalue weighted by Gasteiger charge is -2.30. The van der Waals surface area contributed by atoms with Crippen molar-refractivity contribution in [2.75, 3.05) is 32.5 Å². The molecule has 0 aliphatic heterocycles. The van der Waals surface area contributed by atoms with Crippen LogP contribution in [0.1, 0.15) is 37.8 Å². The molecule has 1 N–H and O–H groups in total. The third-order valence-corrected chi connectivity index (χ3v) is 7.72. The predicted octanol–water partition coefficient (Wildman–Crippen LogP) is 3.15. The number of carbonyl (C=O) groups is 1. The molecule has 1 aromatic heterocycles. The fourth-order valence-corrected chi connectivity index (χ4v) is 5.31. The summed E-state index contributed by atoms with van der Waals surface area (Å²) in [5, 5.41) is 2.84. The maximum absolute atomic E-state index is 12.9. The van der Waals surface area contributed by atoms with Crippen molar-refractivity contribution >= 4 is 21.6 Å². The number of hydrogen-bond acceptors (Lipinski definition) is 5. The Morgan fingerprint density at radius 1 is 1.06 bits per heavy atom. The summed E-state index contributed by atoms with van der Waals surface area (Å²) >= 11 is 0. The largest absolute Gasteiger partial charge is 0.325 e. The minimum atomic E-state index is -3.53. The highest BCUT2D eigenvalue weighted by molar-refractivity contribution is 7.89. The number of nitrogens with one attached hydrogen (secondary N) is 1.